The van der Waals surface area contributed by atoms with Crippen LogP contribution >= 0.6 is 0 Å². The van der Waals surface area contributed by atoms with E-state index in [9.17, 15) is 0 Å². The number of nitrogens with two attached hydrogens (primary N) is 1. The molecule has 0 saturated carbocycles. The first-order valence-corrected chi connectivity index (χ1v) is 6.72. The van der Waals surface area contributed by atoms with Gasteiger partial charge in [0.1, 0.15) is 12.7 Å². The number of nitrogen functional groups attached to an aromatic ring is 1. The summed E-state index contributed by atoms with van der Waals surface area (Å²) >= 11 is 0. The molecule has 0 bridgehead atoms. The van der Waals surface area contributed by atoms with E-state index in [1.54, 1.807) is 6.33 Å². The second-order valence-electron chi connectivity index (χ2n) is 5.15. The van der Waals surface area contributed by atoms with Crippen LogP contribution < -0.4 is 5.73 Å². The highest BCUT2D eigenvalue weighted by molar-refractivity contribution is 5.40. The predicted molar refractivity (Wildman–Crippen MR) is 74.4 cm³/mol. The van der Waals surface area contributed by atoms with Crippen LogP contribution in [0.4, 0.5) is 5.69 Å². The monoisotopic (exact) mass is 257 g/mol. The molecule has 0 spiro atoms. The van der Waals surface area contributed by atoms with Gasteiger partial charge in [-0.1, -0.05) is 12.1 Å². The summed E-state index contributed by atoms with van der Waals surface area (Å²) in [5, 5.41) is 4.25. The van der Waals surface area contributed by atoms with Crippen LogP contribution in [0.2, 0.25) is 0 Å². The standard InChI is InChI=1S/C14H19N5/c15-13-4-1-3-12(7-13)8-18-6-2-5-14(9-18)19-11-16-10-17-19/h1,3-4,7,10-11,14H,2,5-6,8-9,15H2. The minimum absolute atomic E-state index is 0.442. The molecule has 0 aliphatic carbocycles. The molecule has 5 heteroatoms. The van der Waals surface area contributed by atoms with Crippen molar-refractivity contribution in [3.05, 3.63) is 42.5 Å². The number of piperidine rings is 1. The van der Waals surface area contributed by atoms with E-state index < -0.39 is 0 Å². The minimum atomic E-state index is 0.442. The third-order valence-corrected chi connectivity index (χ3v) is 3.65. The molecule has 1 aliphatic heterocycles. The number of rotatable bonds is 3. The maximum absolute atomic E-state index is 5.83. The lowest BCUT2D eigenvalue weighted by Gasteiger charge is -2.32. The summed E-state index contributed by atoms with van der Waals surface area (Å²) in [4.78, 5) is 6.50. The summed E-state index contributed by atoms with van der Waals surface area (Å²) in [5.74, 6) is 0. The van der Waals surface area contributed by atoms with E-state index in [1.807, 2.05) is 23.1 Å². The highest BCUT2D eigenvalue weighted by Gasteiger charge is 2.21. The van der Waals surface area contributed by atoms with E-state index in [0.717, 1.165) is 25.3 Å². The largest absolute Gasteiger partial charge is 0.399 e. The molecule has 100 valence electrons. The number of benzene rings is 1. The number of aromatic nitrogens is 3. The quantitative estimate of drug-likeness (QED) is 0.850. The van der Waals surface area contributed by atoms with Crippen LogP contribution in [-0.4, -0.2) is 32.8 Å². The van der Waals surface area contributed by atoms with Gasteiger partial charge < -0.3 is 5.73 Å². The Hall–Kier alpha value is -1.88. The molecule has 0 amide bonds. The fourth-order valence-electron chi connectivity index (χ4n) is 2.75. The van der Waals surface area contributed by atoms with Crippen LogP contribution in [0.15, 0.2) is 36.9 Å². The zero-order valence-corrected chi connectivity index (χ0v) is 10.9. The Morgan fingerprint density at radius 1 is 1.37 bits per heavy atom. The molecule has 3 rings (SSSR count). The molecule has 1 unspecified atom stereocenters. The smallest absolute Gasteiger partial charge is 0.137 e. The Morgan fingerprint density at radius 2 is 2.32 bits per heavy atom. The van der Waals surface area contributed by atoms with Crippen molar-refractivity contribution in [1.82, 2.24) is 19.7 Å². The first-order chi connectivity index (χ1) is 9.31. The van der Waals surface area contributed by atoms with Gasteiger partial charge in [-0.25, -0.2) is 9.67 Å². The number of likely N-dealkylation sites (tertiary alicyclic amines) is 1. The van der Waals surface area contributed by atoms with Crippen molar-refractivity contribution in [2.75, 3.05) is 18.8 Å². The lowest BCUT2D eigenvalue weighted by Crippen LogP contribution is -2.36. The third-order valence-electron chi connectivity index (χ3n) is 3.65. The van der Waals surface area contributed by atoms with Gasteiger partial charge in [-0.3, -0.25) is 4.90 Å². The average Bonchev–Trinajstić information content (AvgIpc) is 2.93. The summed E-state index contributed by atoms with van der Waals surface area (Å²) in [7, 11) is 0. The van der Waals surface area contributed by atoms with Gasteiger partial charge >= 0.3 is 0 Å². The number of anilines is 1. The fourth-order valence-corrected chi connectivity index (χ4v) is 2.75. The van der Waals surface area contributed by atoms with Crippen LogP contribution in [-0.2, 0) is 6.54 Å². The van der Waals surface area contributed by atoms with Crippen LogP contribution in [0.3, 0.4) is 0 Å². The van der Waals surface area contributed by atoms with E-state index >= 15 is 0 Å². The number of nitrogens with zero attached hydrogens (tertiary/aromatic N) is 4. The lowest BCUT2D eigenvalue weighted by molar-refractivity contribution is 0.163. The van der Waals surface area contributed by atoms with E-state index in [4.69, 9.17) is 5.73 Å². The molecule has 0 radical (unpaired) electrons. The van der Waals surface area contributed by atoms with E-state index in [2.05, 4.69) is 27.1 Å². The zero-order valence-electron chi connectivity index (χ0n) is 10.9. The van der Waals surface area contributed by atoms with Gasteiger partial charge in [-0.2, -0.15) is 5.10 Å². The van der Waals surface area contributed by atoms with Gasteiger partial charge in [0.05, 0.1) is 6.04 Å². The zero-order chi connectivity index (χ0) is 13.1. The van der Waals surface area contributed by atoms with Gasteiger partial charge in [-0.05, 0) is 37.1 Å². The van der Waals surface area contributed by atoms with Crippen molar-refractivity contribution < 1.29 is 0 Å². The summed E-state index contributed by atoms with van der Waals surface area (Å²) in [6.07, 6.45) is 5.80. The van der Waals surface area contributed by atoms with Crippen LogP contribution in [0.5, 0.6) is 0 Å². The topological polar surface area (TPSA) is 60.0 Å². The molecule has 5 nitrogen and oxygen atoms in total. The van der Waals surface area contributed by atoms with Gasteiger partial charge in [0.15, 0.2) is 0 Å². The number of hydrogen-bond donors (Lipinski definition) is 1. The van der Waals surface area contributed by atoms with Crippen molar-refractivity contribution in [3.63, 3.8) is 0 Å². The second-order valence-corrected chi connectivity index (χ2v) is 5.15. The fraction of sp³-hybridized carbons (Fsp3) is 0.429. The Kier molecular flexibility index (Phi) is 3.46. The van der Waals surface area contributed by atoms with Gasteiger partial charge in [0.25, 0.3) is 0 Å². The predicted octanol–water partition coefficient (Wildman–Crippen LogP) is 1.70. The SMILES string of the molecule is Nc1cccc(CN2CCCC(n3cncn3)C2)c1. The maximum Gasteiger partial charge on any atom is 0.137 e. The molecule has 1 aromatic carbocycles. The van der Waals surface area contributed by atoms with Crippen LogP contribution in [0.25, 0.3) is 0 Å². The van der Waals surface area contributed by atoms with Crippen molar-refractivity contribution in [3.8, 4) is 0 Å². The third kappa shape index (κ3) is 2.93. The van der Waals surface area contributed by atoms with Gasteiger partial charge in [0, 0.05) is 18.8 Å². The molecular formula is C14H19N5. The summed E-state index contributed by atoms with van der Waals surface area (Å²) in [6.45, 7) is 3.12. The van der Waals surface area contributed by atoms with Gasteiger partial charge in [-0.15, -0.1) is 0 Å². The van der Waals surface area contributed by atoms with Crippen molar-refractivity contribution in [2.45, 2.75) is 25.4 Å². The second kappa shape index (κ2) is 5.40. The van der Waals surface area contributed by atoms with E-state index in [0.29, 0.717) is 6.04 Å². The highest BCUT2D eigenvalue weighted by Crippen LogP contribution is 2.22. The van der Waals surface area contributed by atoms with E-state index in [1.165, 1.54) is 18.4 Å². The van der Waals surface area contributed by atoms with Crippen LogP contribution in [0, 0.1) is 0 Å². The Bertz CT molecular complexity index is 522. The van der Waals surface area contributed by atoms with Crippen molar-refractivity contribution in [1.29, 1.82) is 0 Å². The normalized spacial score (nSPS) is 20.5. The molecule has 1 aromatic heterocycles. The molecule has 19 heavy (non-hydrogen) atoms. The Balaban J connectivity index is 1.65. The molecule has 1 atom stereocenters. The molecule has 2 heterocycles. The summed E-state index contributed by atoms with van der Waals surface area (Å²) in [6, 6.07) is 8.58. The van der Waals surface area contributed by atoms with Crippen LogP contribution in [0.1, 0.15) is 24.4 Å². The first kappa shape index (κ1) is 12.2. The summed E-state index contributed by atoms with van der Waals surface area (Å²) in [5.41, 5.74) is 7.94. The average molecular weight is 257 g/mol. The lowest BCUT2D eigenvalue weighted by atomic mass is 10.0. The van der Waals surface area contributed by atoms with Crippen molar-refractivity contribution >= 4 is 5.69 Å². The maximum atomic E-state index is 5.83. The molecule has 2 N–H and O–H groups in total. The van der Waals surface area contributed by atoms with Gasteiger partial charge in [0.2, 0.25) is 0 Å². The number of hydrogen-bond acceptors (Lipinski definition) is 4. The van der Waals surface area contributed by atoms with Crippen molar-refractivity contribution in [2.24, 2.45) is 0 Å². The van der Waals surface area contributed by atoms with E-state index in [-0.39, 0.29) is 0 Å². The Labute approximate surface area is 113 Å². The molecule has 2 aromatic rings. The molecule has 1 fully saturated rings. The Morgan fingerprint density at radius 3 is 3.11 bits per heavy atom. The molecular weight excluding hydrogens is 238 g/mol. The molecule has 1 aliphatic rings. The first-order valence-electron chi connectivity index (χ1n) is 6.72. The highest BCUT2D eigenvalue weighted by atomic mass is 15.3. The minimum Gasteiger partial charge on any atom is -0.399 e. The molecule has 1 saturated heterocycles. The summed E-state index contributed by atoms with van der Waals surface area (Å²) < 4.78 is 1.98.